The molecule has 1 amide bonds. The van der Waals surface area contributed by atoms with Crippen molar-refractivity contribution in [3.05, 3.63) is 36.4 Å². The highest BCUT2D eigenvalue weighted by molar-refractivity contribution is 7.80. The molecule has 3 aliphatic rings. The van der Waals surface area contributed by atoms with E-state index in [1.54, 1.807) is 7.11 Å². The quantitative estimate of drug-likeness (QED) is 0.410. The monoisotopic (exact) mass is 471 g/mol. The fourth-order valence-corrected chi connectivity index (χ4v) is 5.65. The molecular formula is C25H33N3O4S. The maximum Gasteiger partial charge on any atom is 0.309 e. The molecule has 0 radical (unpaired) electrons. The van der Waals surface area contributed by atoms with Gasteiger partial charge in [-0.1, -0.05) is 18.2 Å². The van der Waals surface area contributed by atoms with E-state index in [2.05, 4.69) is 10.2 Å². The van der Waals surface area contributed by atoms with Crippen molar-refractivity contribution in [2.45, 2.75) is 32.1 Å². The molecule has 1 N–H and O–H groups in total. The average Bonchev–Trinajstić information content (AvgIpc) is 3.26. The molecule has 7 nitrogen and oxygen atoms in total. The third kappa shape index (κ3) is 5.16. The van der Waals surface area contributed by atoms with Gasteiger partial charge in [0.05, 0.1) is 26.1 Å². The summed E-state index contributed by atoms with van der Waals surface area (Å²) in [5.74, 6) is -0.0662. The molecule has 1 aliphatic carbocycles. The SMILES string of the molecule is COC(=O)[C@H]1CC=CC[C@H]1C(=O)N1CCC2(CCN(C(=S)Nc3cccc(OC)c3)CC2)C1. The Balaban J connectivity index is 1.32. The van der Waals surface area contributed by atoms with Crippen LogP contribution in [0.4, 0.5) is 5.69 Å². The van der Waals surface area contributed by atoms with E-state index in [4.69, 9.17) is 21.7 Å². The minimum atomic E-state index is -0.369. The molecular weight excluding hydrogens is 438 g/mol. The molecule has 2 atom stereocenters. The fourth-order valence-electron chi connectivity index (χ4n) is 5.35. The van der Waals surface area contributed by atoms with Crippen LogP contribution in [0.2, 0.25) is 0 Å². The molecule has 1 aromatic rings. The number of ether oxygens (including phenoxy) is 2. The van der Waals surface area contributed by atoms with Crippen LogP contribution in [0, 0.1) is 17.3 Å². The van der Waals surface area contributed by atoms with E-state index in [-0.39, 0.29) is 29.1 Å². The van der Waals surface area contributed by atoms with Crippen LogP contribution in [0.3, 0.4) is 0 Å². The second-order valence-corrected chi connectivity index (χ2v) is 9.72. The van der Waals surface area contributed by atoms with Gasteiger partial charge < -0.3 is 24.6 Å². The van der Waals surface area contributed by atoms with E-state index in [1.807, 2.05) is 41.3 Å². The Morgan fingerprint density at radius 3 is 2.36 bits per heavy atom. The molecule has 2 saturated heterocycles. The summed E-state index contributed by atoms with van der Waals surface area (Å²) >= 11 is 5.66. The summed E-state index contributed by atoms with van der Waals surface area (Å²) in [6, 6.07) is 7.75. The van der Waals surface area contributed by atoms with Crippen molar-refractivity contribution >= 4 is 34.9 Å². The Morgan fingerprint density at radius 2 is 1.70 bits per heavy atom. The Bertz CT molecular complexity index is 926. The number of nitrogens with one attached hydrogen (secondary N) is 1. The fraction of sp³-hybridized carbons (Fsp3) is 0.560. The van der Waals surface area contributed by atoms with Gasteiger partial charge in [0.15, 0.2) is 5.11 Å². The number of methoxy groups -OCH3 is 2. The topological polar surface area (TPSA) is 71.1 Å². The second kappa shape index (κ2) is 10.1. The normalized spacial score (nSPS) is 23.9. The van der Waals surface area contributed by atoms with Crippen molar-refractivity contribution in [1.82, 2.24) is 9.80 Å². The smallest absolute Gasteiger partial charge is 0.309 e. The largest absolute Gasteiger partial charge is 0.497 e. The zero-order valence-corrected chi connectivity index (χ0v) is 20.2. The van der Waals surface area contributed by atoms with Gasteiger partial charge in [-0.25, -0.2) is 0 Å². The van der Waals surface area contributed by atoms with E-state index >= 15 is 0 Å². The van der Waals surface area contributed by atoms with Gasteiger partial charge in [-0.2, -0.15) is 0 Å². The van der Waals surface area contributed by atoms with Gasteiger partial charge in [0.1, 0.15) is 5.75 Å². The molecule has 2 aliphatic heterocycles. The number of anilines is 1. The molecule has 4 rings (SSSR count). The molecule has 1 spiro atoms. The number of piperidine rings is 1. The molecule has 0 bridgehead atoms. The number of amides is 1. The van der Waals surface area contributed by atoms with Crippen molar-refractivity contribution in [2.75, 3.05) is 45.7 Å². The van der Waals surface area contributed by atoms with Crippen LogP contribution >= 0.6 is 12.2 Å². The van der Waals surface area contributed by atoms with Crippen LogP contribution in [0.15, 0.2) is 36.4 Å². The van der Waals surface area contributed by atoms with Crippen LogP contribution in [0.5, 0.6) is 5.75 Å². The minimum absolute atomic E-state index is 0.101. The predicted molar refractivity (Wildman–Crippen MR) is 131 cm³/mol. The van der Waals surface area contributed by atoms with Crippen molar-refractivity contribution < 1.29 is 19.1 Å². The molecule has 178 valence electrons. The number of hydrogen-bond donors (Lipinski definition) is 1. The Hall–Kier alpha value is -2.61. The molecule has 0 saturated carbocycles. The van der Waals surface area contributed by atoms with Gasteiger partial charge in [-0.05, 0) is 61.9 Å². The van der Waals surface area contributed by atoms with Crippen molar-refractivity contribution in [3.8, 4) is 5.75 Å². The zero-order chi connectivity index (χ0) is 23.4. The highest BCUT2D eigenvalue weighted by Crippen LogP contribution is 2.42. The van der Waals surface area contributed by atoms with E-state index in [0.717, 1.165) is 62.0 Å². The lowest BCUT2D eigenvalue weighted by molar-refractivity contribution is -0.153. The first-order valence-electron chi connectivity index (χ1n) is 11.7. The molecule has 33 heavy (non-hydrogen) atoms. The first kappa shape index (κ1) is 23.5. The summed E-state index contributed by atoms with van der Waals surface area (Å²) in [5.41, 5.74) is 1.06. The van der Waals surface area contributed by atoms with Crippen LogP contribution in [0.25, 0.3) is 0 Å². The molecule has 2 heterocycles. The summed E-state index contributed by atoms with van der Waals surface area (Å²) in [6.07, 6.45) is 8.20. The predicted octanol–water partition coefficient (Wildman–Crippen LogP) is 3.46. The standard InChI is InChI=1S/C25H33N3O4S/c1-31-19-7-5-6-18(16-19)26-24(33)27-13-10-25(11-14-27)12-15-28(17-25)22(29)20-8-3-4-9-21(20)23(30)32-2/h3-7,16,20-21H,8-15,17H2,1-2H3,(H,26,33)/t20-,21+/m1/s1. The molecule has 8 heteroatoms. The number of rotatable bonds is 4. The first-order chi connectivity index (χ1) is 15.9. The highest BCUT2D eigenvalue weighted by Gasteiger charge is 2.45. The van der Waals surface area contributed by atoms with Crippen LogP contribution < -0.4 is 10.1 Å². The van der Waals surface area contributed by atoms with E-state index in [9.17, 15) is 9.59 Å². The molecule has 2 fully saturated rings. The number of likely N-dealkylation sites (tertiary alicyclic amines) is 2. The Labute approximate surface area is 201 Å². The molecule has 0 aromatic heterocycles. The lowest BCUT2D eigenvalue weighted by Gasteiger charge is -2.40. The van der Waals surface area contributed by atoms with Gasteiger partial charge in [0.2, 0.25) is 5.91 Å². The highest BCUT2D eigenvalue weighted by atomic mass is 32.1. The number of carbonyl (C=O) groups is 2. The second-order valence-electron chi connectivity index (χ2n) is 9.34. The molecule has 0 unspecified atom stereocenters. The lowest BCUT2D eigenvalue weighted by Crippen LogP contribution is -2.47. The van der Waals surface area contributed by atoms with Crippen LogP contribution in [0.1, 0.15) is 32.1 Å². The van der Waals surface area contributed by atoms with E-state index < -0.39 is 0 Å². The maximum absolute atomic E-state index is 13.3. The maximum atomic E-state index is 13.3. The summed E-state index contributed by atoms with van der Waals surface area (Å²) < 4.78 is 10.2. The summed E-state index contributed by atoms with van der Waals surface area (Å²) in [4.78, 5) is 29.7. The van der Waals surface area contributed by atoms with Gasteiger partial charge >= 0.3 is 5.97 Å². The van der Waals surface area contributed by atoms with Crippen molar-refractivity contribution in [1.29, 1.82) is 0 Å². The van der Waals surface area contributed by atoms with Crippen molar-refractivity contribution in [2.24, 2.45) is 17.3 Å². The average molecular weight is 472 g/mol. The Morgan fingerprint density at radius 1 is 1.03 bits per heavy atom. The van der Waals surface area contributed by atoms with Gasteiger partial charge in [-0.15, -0.1) is 0 Å². The summed E-state index contributed by atoms with van der Waals surface area (Å²) in [7, 11) is 3.05. The van der Waals surface area contributed by atoms with E-state index in [0.29, 0.717) is 12.8 Å². The molecule has 1 aromatic carbocycles. The Kier molecular flexibility index (Phi) is 7.22. The third-order valence-electron chi connectivity index (χ3n) is 7.44. The number of allylic oxidation sites excluding steroid dienone is 2. The van der Waals surface area contributed by atoms with Gasteiger partial charge in [0, 0.05) is 37.9 Å². The third-order valence-corrected chi connectivity index (χ3v) is 7.80. The van der Waals surface area contributed by atoms with E-state index in [1.165, 1.54) is 7.11 Å². The number of nitrogens with zero attached hydrogens (tertiary/aromatic N) is 2. The van der Waals surface area contributed by atoms with Gasteiger partial charge in [0.25, 0.3) is 0 Å². The lowest BCUT2D eigenvalue weighted by atomic mass is 9.77. The number of benzene rings is 1. The first-order valence-corrected chi connectivity index (χ1v) is 12.1. The number of thiocarbonyl (C=S) groups is 1. The number of hydrogen-bond acceptors (Lipinski definition) is 5. The number of carbonyl (C=O) groups excluding carboxylic acids is 2. The minimum Gasteiger partial charge on any atom is -0.497 e. The number of esters is 1. The zero-order valence-electron chi connectivity index (χ0n) is 19.4. The van der Waals surface area contributed by atoms with Crippen molar-refractivity contribution in [3.63, 3.8) is 0 Å². The summed E-state index contributed by atoms with van der Waals surface area (Å²) in [5, 5.41) is 4.04. The van der Waals surface area contributed by atoms with Crippen LogP contribution in [-0.4, -0.2) is 67.2 Å². The summed E-state index contributed by atoms with van der Waals surface area (Å²) in [6.45, 7) is 3.27. The van der Waals surface area contributed by atoms with Gasteiger partial charge in [-0.3, -0.25) is 9.59 Å². The van der Waals surface area contributed by atoms with Crippen LogP contribution in [-0.2, 0) is 14.3 Å².